The molecule has 0 radical (unpaired) electrons. The first-order valence-corrected chi connectivity index (χ1v) is 37.7. The maximum absolute atomic E-state index is 13.3. The van der Waals surface area contributed by atoms with Gasteiger partial charge >= 0.3 is 24.4 Å². The van der Waals surface area contributed by atoms with Gasteiger partial charge in [-0.3, -0.25) is 57.5 Å². The zero-order valence-electron chi connectivity index (χ0n) is 66.8. The maximum Gasteiger partial charge on any atom is 0.407 e. The fraction of sp³-hybridized carbons (Fsp3) is 0.771. The van der Waals surface area contributed by atoms with Crippen LogP contribution in [-0.4, -0.2) is 272 Å². The molecule has 0 aromatic rings. The zero-order chi connectivity index (χ0) is 83.5. The number of unbranched alkanes of at least 4 members (excludes halogenated alkanes) is 6. The van der Waals surface area contributed by atoms with Gasteiger partial charge < -0.3 is 126 Å². The van der Waals surface area contributed by atoms with Crippen molar-refractivity contribution in [2.75, 3.05) is 107 Å². The van der Waals surface area contributed by atoms with Gasteiger partial charge in [-0.05, 0) is 116 Å². The van der Waals surface area contributed by atoms with Gasteiger partial charge in [-0.1, -0.05) is 55.4 Å². The molecule has 0 bridgehead atoms. The smallest absolute Gasteiger partial charge is 0.407 e. The predicted molar refractivity (Wildman–Crippen MR) is 408 cm³/mol. The maximum atomic E-state index is 13.3. The Labute approximate surface area is 647 Å². The van der Waals surface area contributed by atoms with E-state index in [9.17, 15) is 76.7 Å². The number of carbonyl (C=O) groups is 16. The summed E-state index contributed by atoms with van der Waals surface area (Å²) < 4.78 is 18.3. The SMILES string of the molecule is COC(=O)NCCCC[C@H](NC(=O)OC)C(=O)NCCC(=O)N(CC(=O)NCCCCC(NC(C)C)C(N)=O)CC(=O)NCCCCC(NC(C)C)C(N)=O.COC(=O)NCCCC[C@H](NC(=O)OC)C(=O)NCCC(=O)N(CC(=O)NCCCCC(NC(C)C)C(N)=O)CC(=O)NCCCCC(NC(C)C)C(N)=O. The Morgan fingerprint density at radius 2 is 0.482 bits per heavy atom. The van der Waals surface area contributed by atoms with Crippen molar-refractivity contribution in [2.45, 2.75) is 244 Å². The molecule has 0 rings (SSSR count). The Kier molecular flexibility index (Phi) is 58.1. The number of hydrogen-bond acceptors (Lipinski definition) is 24. The summed E-state index contributed by atoms with van der Waals surface area (Å²) >= 11 is 0. The highest BCUT2D eigenvalue weighted by Crippen LogP contribution is 2.09. The lowest BCUT2D eigenvalue weighted by Crippen LogP contribution is -2.49. The fourth-order valence-electron chi connectivity index (χ4n) is 10.6. The van der Waals surface area contributed by atoms with Gasteiger partial charge in [-0.25, -0.2) is 19.2 Å². The van der Waals surface area contributed by atoms with Crippen LogP contribution < -0.4 is 97.4 Å². The standard InChI is InChI=1S/2C35H66N10O10/c2*1-23(2)42-25(31(36)49)13-7-10-17-38-28(46)21-45(22-29(47)39-18-11-8-14-26(32(37)50)43-24(3)4)30(48)16-20-40-33(51)27(44-35(53)55-6)15-9-12-19-41-34(52)54-5/h2*23-27,42-43H,7-22H2,1-6H3,(H2,36,49)(H2,37,50)(H,38,46)(H,39,47)(H,40,51)(H,41,52)(H,44,53)/t2*25?,26?,27-/m00/s1. The number of nitrogens with zero attached hydrogens (tertiary/aromatic N) is 2. The number of hydrogen-bond donors (Lipinski definition) is 18. The topological polar surface area (TPSA) is 589 Å². The summed E-state index contributed by atoms with van der Waals surface area (Å²) in [6.07, 6.45) is 5.46. The molecule has 0 saturated carbocycles. The first-order chi connectivity index (χ1) is 52.0. The van der Waals surface area contributed by atoms with E-state index >= 15 is 0 Å². The van der Waals surface area contributed by atoms with Crippen LogP contribution in [0.3, 0.4) is 0 Å². The van der Waals surface area contributed by atoms with E-state index in [2.05, 4.69) is 93.4 Å². The number of primary amides is 4. The third kappa shape index (κ3) is 55.0. The number of nitrogens with two attached hydrogens (primary N) is 4. The van der Waals surface area contributed by atoms with Crippen molar-refractivity contribution < 1.29 is 95.7 Å². The number of rotatable bonds is 60. The molecule has 0 aliphatic heterocycles. The predicted octanol–water partition coefficient (Wildman–Crippen LogP) is -2.30. The van der Waals surface area contributed by atoms with Crippen molar-refractivity contribution in [3.63, 3.8) is 0 Å². The van der Waals surface area contributed by atoms with E-state index in [0.29, 0.717) is 116 Å². The lowest BCUT2D eigenvalue weighted by molar-refractivity contribution is -0.139. The van der Waals surface area contributed by atoms with Gasteiger partial charge in [0.25, 0.3) is 0 Å². The Morgan fingerprint density at radius 3 is 0.682 bits per heavy atom. The van der Waals surface area contributed by atoms with Crippen LogP contribution in [0.2, 0.25) is 0 Å². The summed E-state index contributed by atoms with van der Waals surface area (Å²) in [7, 11) is 4.78. The molecule has 0 aromatic heterocycles. The third-order valence-electron chi connectivity index (χ3n) is 16.1. The van der Waals surface area contributed by atoms with E-state index < -0.39 is 158 Å². The van der Waals surface area contributed by atoms with E-state index in [4.69, 9.17) is 22.9 Å². The highest BCUT2D eigenvalue weighted by atomic mass is 16.5. The minimum Gasteiger partial charge on any atom is -0.453 e. The van der Waals surface area contributed by atoms with E-state index in [1.807, 2.05) is 55.4 Å². The first-order valence-electron chi connectivity index (χ1n) is 37.7. The van der Waals surface area contributed by atoms with Gasteiger partial charge in [0, 0.05) is 89.4 Å². The minimum atomic E-state index is -0.993. The Bertz CT molecular complexity index is 2520. The Balaban J connectivity index is 0. The van der Waals surface area contributed by atoms with E-state index in [1.54, 1.807) is 0 Å². The molecule has 6 atom stereocenters. The van der Waals surface area contributed by atoms with Crippen LogP contribution in [0, 0.1) is 0 Å². The van der Waals surface area contributed by atoms with Gasteiger partial charge in [0.05, 0.1) is 52.6 Å². The number of carbonyl (C=O) groups excluding carboxylic acids is 16. The largest absolute Gasteiger partial charge is 0.453 e. The molecule has 0 fully saturated rings. The second-order valence-corrected chi connectivity index (χ2v) is 27.3. The molecule has 0 aromatic carbocycles. The van der Waals surface area contributed by atoms with Crippen LogP contribution in [0.5, 0.6) is 0 Å². The van der Waals surface area contributed by atoms with Crippen LogP contribution in [0.1, 0.15) is 184 Å². The highest BCUT2D eigenvalue weighted by Gasteiger charge is 2.27. The summed E-state index contributed by atoms with van der Waals surface area (Å²) in [5.41, 5.74) is 21.9. The number of ether oxygens (including phenoxy) is 4. The number of alkyl carbamates (subject to hydrolysis) is 4. The molecule has 22 N–H and O–H groups in total. The number of amides is 16. The van der Waals surface area contributed by atoms with E-state index in [1.165, 1.54) is 14.2 Å². The first kappa shape index (κ1) is 103. The number of methoxy groups -OCH3 is 4. The highest BCUT2D eigenvalue weighted by molar-refractivity contribution is 5.92. The Morgan fingerprint density at radius 1 is 0.273 bits per heavy atom. The van der Waals surface area contributed by atoms with Crippen LogP contribution in [0.25, 0.3) is 0 Å². The second-order valence-electron chi connectivity index (χ2n) is 27.3. The van der Waals surface area contributed by atoms with E-state index in [0.717, 1.165) is 24.0 Å². The molecular formula is C70H132N20O20. The number of nitrogens with one attached hydrogen (secondary N) is 14. The molecule has 0 saturated heterocycles. The molecule has 0 heterocycles. The molecule has 40 nitrogen and oxygen atoms in total. The fourth-order valence-corrected chi connectivity index (χ4v) is 10.6. The van der Waals surface area contributed by atoms with Crippen molar-refractivity contribution in [1.29, 1.82) is 0 Å². The molecule has 0 spiro atoms. The molecule has 632 valence electrons. The van der Waals surface area contributed by atoms with Crippen molar-refractivity contribution in [2.24, 2.45) is 22.9 Å². The average molecular weight is 1570 g/mol. The van der Waals surface area contributed by atoms with Crippen molar-refractivity contribution in [3.05, 3.63) is 0 Å². The van der Waals surface area contributed by atoms with Crippen LogP contribution in [-0.2, 0) is 76.5 Å². The summed E-state index contributed by atoms with van der Waals surface area (Å²) in [6, 6.07) is -3.69. The van der Waals surface area contributed by atoms with Crippen molar-refractivity contribution in [3.8, 4) is 0 Å². The summed E-state index contributed by atoms with van der Waals surface area (Å²) in [6.45, 7) is 14.9. The Hall–Kier alpha value is -9.44. The average Bonchev–Trinajstić information content (AvgIpc) is 0.900. The quantitative estimate of drug-likeness (QED) is 0.0225. The van der Waals surface area contributed by atoms with Gasteiger partial charge in [0.1, 0.15) is 38.3 Å². The molecule has 16 amide bonds. The van der Waals surface area contributed by atoms with Gasteiger partial charge in [0.15, 0.2) is 0 Å². The normalized spacial score (nSPS) is 12.5. The van der Waals surface area contributed by atoms with Gasteiger partial charge in [-0.2, -0.15) is 0 Å². The molecule has 0 aliphatic carbocycles. The zero-order valence-corrected chi connectivity index (χ0v) is 66.8. The van der Waals surface area contributed by atoms with Gasteiger partial charge in [0.2, 0.25) is 70.9 Å². The summed E-state index contributed by atoms with van der Waals surface area (Å²) in [5.74, 6) is -6.16. The molecular weight excluding hydrogens is 1440 g/mol. The van der Waals surface area contributed by atoms with Crippen molar-refractivity contribution in [1.82, 2.24) is 84.2 Å². The second kappa shape index (κ2) is 62.3. The lowest BCUT2D eigenvalue weighted by Gasteiger charge is -2.23. The van der Waals surface area contributed by atoms with Crippen LogP contribution >= 0.6 is 0 Å². The summed E-state index contributed by atoms with van der Waals surface area (Å²) in [5, 5.41) is 38.5. The molecule has 40 heteroatoms. The third-order valence-corrected chi connectivity index (χ3v) is 16.1. The molecule has 4 unspecified atom stereocenters. The molecule has 110 heavy (non-hydrogen) atoms. The van der Waals surface area contributed by atoms with Crippen LogP contribution in [0.15, 0.2) is 0 Å². The summed E-state index contributed by atoms with van der Waals surface area (Å²) in [4.78, 5) is 199. The molecule has 0 aliphatic rings. The monoisotopic (exact) mass is 1570 g/mol. The van der Waals surface area contributed by atoms with Crippen LogP contribution in [0.4, 0.5) is 19.2 Å². The van der Waals surface area contributed by atoms with Gasteiger partial charge in [-0.15, -0.1) is 0 Å². The minimum absolute atomic E-state index is 0.0681. The lowest BCUT2D eigenvalue weighted by atomic mass is 10.1. The van der Waals surface area contributed by atoms with E-state index in [-0.39, 0.29) is 89.1 Å². The van der Waals surface area contributed by atoms with Crippen molar-refractivity contribution >= 4 is 95.3 Å².